The molecule has 0 radical (unpaired) electrons. The van der Waals surface area contributed by atoms with E-state index < -0.39 is 6.10 Å². The zero-order valence-electron chi connectivity index (χ0n) is 15.4. The molecule has 0 aliphatic heterocycles. The summed E-state index contributed by atoms with van der Waals surface area (Å²) in [5.41, 5.74) is 4.49. The molecule has 5 heteroatoms. The molecule has 1 atom stereocenters. The highest BCUT2D eigenvalue weighted by molar-refractivity contribution is 7.17. The highest BCUT2D eigenvalue weighted by Gasteiger charge is 2.20. The summed E-state index contributed by atoms with van der Waals surface area (Å²) in [7, 11) is 4.06. The van der Waals surface area contributed by atoms with Crippen molar-refractivity contribution in [1.82, 2.24) is 9.38 Å². The molecule has 136 valence electrons. The van der Waals surface area contributed by atoms with Crippen LogP contribution < -0.4 is 4.90 Å². The number of benzene rings is 1. The molecule has 4 nitrogen and oxygen atoms in total. The number of hydrogen-bond donors (Lipinski definition) is 1. The van der Waals surface area contributed by atoms with E-state index in [9.17, 15) is 5.11 Å². The first-order valence-electron chi connectivity index (χ1n) is 9.25. The van der Waals surface area contributed by atoms with Gasteiger partial charge in [-0.15, -0.1) is 11.3 Å². The van der Waals surface area contributed by atoms with Crippen LogP contribution in [0.2, 0.25) is 0 Å². The van der Waals surface area contributed by atoms with Crippen molar-refractivity contribution >= 4 is 28.1 Å². The largest absolute Gasteiger partial charge is 0.383 e. The third-order valence-electron chi connectivity index (χ3n) is 5.06. The van der Waals surface area contributed by atoms with Crippen molar-refractivity contribution in [3.05, 3.63) is 58.4 Å². The van der Waals surface area contributed by atoms with E-state index in [0.717, 1.165) is 29.1 Å². The number of aromatic nitrogens is 2. The minimum absolute atomic E-state index is 0.652. The normalized spacial score (nSPS) is 16.0. The third-order valence-corrected chi connectivity index (χ3v) is 6.22. The topological polar surface area (TPSA) is 40.8 Å². The van der Waals surface area contributed by atoms with E-state index in [4.69, 9.17) is 0 Å². The second kappa shape index (κ2) is 7.25. The van der Waals surface area contributed by atoms with E-state index in [2.05, 4.69) is 38.6 Å². The first kappa shape index (κ1) is 17.3. The first-order valence-corrected chi connectivity index (χ1v) is 10.1. The predicted octanol–water partition coefficient (Wildman–Crippen LogP) is 4.48. The second-order valence-corrected chi connectivity index (χ2v) is 8.19. The van der Waals surface area contributed by atoms with Crippen LogP contribution in [0.1, 0.15) is 47.2 Å². The highest BCUT2D eigenvalue weighted by atomic mass is 32.1. The van der Waals surface area contributed by atoms with Crippen LogP contribution in [0.4, 0.5) is 5.69 Å². The van der Waals surface area contributed by atoms with Gasteiger partial charge in [0.2, 0.25) is 0 Å². The van der Waals surface area contributed by atoms with E-state index in [1.807, 2.05) is 32.4 Å². The molecular formula is C21H25N3OS. The van der Waals surface area contributed by atoms with Crippen LogP contribution in [0.5, 0.6) is 0 Å². The molecule has 2 aromatic heterocycles. The fraction of sp³-hybridized carbons (Fsp3) is 0.381. The molecule has 3 aromatic rings. The zero-order chi connectivity index (χ0) is 18.1. The third kappa shape index (κ3) is 3.29. The lowest BCUT2D eigenvalue weighted by Crippen LogP contribution is -2.07. The van der Waals surface area contributed by atoms with Crippen LogP contribution in [-0.4, -0.2) is 28.6 Å². The maximum Gasteiger partial charge on any atom is 0.194 e. The quantitative estimate of drug-likeness (QED) is 0.691. The van der Waals surface area contributed by atoms with Gasteiger partial charge in [0.15, 0.2) is 4.96 Å². The van der Waals surface area contributed by atoms with Gasteiger partial charge in [0.1, 0.15) is 6.10 Å². The van der Waals surface area contributed by atoms with Gasteiger partial charge in [-0.1, -0.05) is 24.6 Å². The Morgan fingerprint density at radius 3 is 2.69 bits per heavy atom. The standard InChI is InChI=1S/C21H25N3OS/c1-23(2)16-11-8-15(9-12-16)10-13-19(25)18-14-22-21-24(18)17-6-4-3-5-7-20(17)26-21/h8-14,19,25H,3-7H2,1-2H3/b13-10+. The van der Waals surface area contributed by atoms with E-state index in [0.29, 0.717) is 0 Å². The Labute approximate surface area is 158 Å². The summed E-state index contributed by atoms with van der Waals surface area (Å²) in [5.74, 6) is 0. The van der Waals surface area contributed by atoms with Gasteiger partial charge in [-0.25, -0.2) is 4.98 Å². The Hall–Kier alpha value is -2.11. The van der Waals surface area contributed by atoms with E-state index >= 15 is 0 Å². The summed E-state index contributed by atoms with van der Waals surface area (Å²) < 4.78 is 2.19. The van der Waals surface area contributed by atoms with Crippen LogP contribution in [0, 0.1) is 0 Å². The van der Waals surface area contributed by atoms with E-state index in [-0.39, 0.29) is 0 Å². The Bertz CT molecular complexity index is 921. The Morgan fingerprint density at radius 1 is 1.15 bits per heavy atom. The molecule has 1 aliphatic rings. The van der Waals surface area contributed by atoms with Crippen molar-refractivity contribution in [3.63, 3.8) is 0 Å². The second-order valence-electron chi connectivity index (χ2n) is 7.12. The number of aliphatic hydroxyl groups is 1. The van der Waals surface area contributed by atoms with Crippen molar-refractivity contribution in [3.8, 4) is 0 Å². The monoisotopic (exact) mass is 367 g/mol. The number of aryl methyl sites for hydroxylation is 2. The summed E-state index contributed by atoms with van der Waals surface area (Å²) in [6.45, 7) is 0. The zero-order valence-corrected chi connectivity index (χ0v) is 16.2. The number of hydrogen-bond acceptors (Lipinski definition) is 4. The maximum atomic E-state index is 10.8. The van der Waals surface area contributed by atoms with Gasteiger partial charge in [0, 0.05) is 30.4 Å². The number of anilines is 1. The van der Waals surface area contributed by atoms with Crippen molar-refractivity contribution in [2.24, 2.45) is 0 Å². The number of rotatable bonds is 4. The lowest BCUT2D eigenvalue weighted by Gasteiger charge is -2.12. The molecular weight excluding hydrogens is 342 g/mol. The average molecular weight is 368 g/mol. The van der Waals surface area contributed by atoms with Gasteiger partial charge in [-0.2, -0.15) is 0 Å². The summed E-state index contributed by atoms with van der Waals surface area (Å²) in [4.78, 5) is 9.08. The number of nitrogens with zero attached hydrogens (tertiary/aromatic N) is 3. The molecule has 0 fully saturated rings. The van der Waals surface area contributed by atoms with Gasteiger partial charge in [0.05, 0.1) is 11.9 Å². The number of thiazole rings is 1. The van der Waals surface area contributed by atoms with Gasteiger partial charge < -0.3 is 10.0 Å². The molecule has 0 amide bonds. The molecule has 0 bridgehead atoms. The minimum atomic E-state index is -0.652. The summed E-state index contributed by atoms with van der Waals surface area (Å²) >= 11 is 1.78. The van der Waals surface area contributed by atoms with Crippen LogP contribution in [0.15, 0.2) is 36.5 Å². The Kier molecular flexibility index (Phi) is 4.83. The lowest BCUT2D eigenvalue weighted by atomic mass is 10.1. The molecule has 1 N–H and O–H groups in total. The molecule has 26 heavy (non-hydrogen) atoms. The van der Waals surface area contributed by atoms with Gasteiger partial charge in [-0.05, 0) is 49.5 Å². The number of fused-ring (bicyclic) bond motifs is 3. The average Bonchev–Trinajstić information content (AvgIpc) is 3.11. The molecule has 1 unspecified atom stereocenters. The molecule has 0 saturated carbocycles. The van der Waals surface area contributed by atoms with E-state index in [1.165, 1.54) is 35.5 Å². The minimum Gasteiger partial charge on any atom is -0.383 e. The van der Waals surface area contributed by atoms with Crippen molar-refractivity contribution in [2.45, 2.75) is 38.2 Å². The number of imidazole rings is 1. The van der Waals surface area contributed by atoms with Gasteiger partial charge >= 0.3 is 0 Å². The smallest absolute Gasteiger partial charge is 0.194 e. The van der Waals surface area contributed by atoms with E-state index in [1.54, 1.807) is 11.3 Å². The molecule has 4 rings (SSSR count). The van der Waals surface area contributed by atoms with Crippen LogP contribution >= 0.6 is 11.3 Å². The fourth-order valence-electron chi connectivity index (χ4n) is 3.58. The maximum absolute atomic E-state index is 10.8. The lowest BCUT2D eigenvalue weighted by molar-refractivity contribution is 0.223. The van der Waals surface area contributed by atoms with Crippen molar-refractivity contribution < 1.29 is 5.11 Å². The Balaban J connectivity index is 1.60. The SMILES string of the molecule is CN(C)c1ccc(/C=C/C(O)c2cnc3sc4c(n23)CCCCC4)cc1. The van der Waals surface area contributed by atoms with Gasteiger partial charge in [0.25, 0.3) is 0 Å². The predicted molar refractivity (Wildman–Crippen MR) is 109 cm³/mol. The fourth-order valence-corrected chi connectivity index (χ4v) is 4.77. The molecule has 1 aliphatic carbocycles. The molecule has 2 heterocycles. The summed E-state index contributed by atoms with van der Waals surface area (Å²) in [6, 6.07) is 8.31. The molecule has 0 saturated heterocycles. The summed E-state index contributed by atoms with van der Waals surface area (Å²) in [5, 5.41) is 10.8. The van der Waals surface area contributed by atoms with Crippen LogP contribution in [0.25, 0.3) is 11.0 Å². The summed E-state index contributed by atoms with van der Waals surface area (Å²) in [6.07, 6.45) is 11.0. The van der Waals surface area contributed by atoms with Crippen molar-refractivity contribution in [2.75, 3.05) is 19.0 Å². The molecule has 1 aromatic carbocycles. The highest BCUT2D eigenvalue weighted by Crippen LogP contribution is 2.32. The van der Waals surface area contributed by atoms with Crippen molar-refractivity contribution in [1.29, 1.82) is 0 Å². The number of aliphatic hydroxyl groups excluding tert-OH is 1. The first-order chi connectivity index (χ1) is 12.6. The molecule has 0 spiro atoms. The Morgan fingerprint density at radius 2 is 1.92 bits per heavy atom. The van der Waals surface area contributed by atoms with Gasteiger partial charge in [-0.3, -0.25) is 4.40 Å². The van der Waals surface area contributed by atoms with Crippen LogP contribution in [0.3, 0.4) is 0 Å². The van der Waals surface area contributed by atoms with Crippen LogP contribution in [-0.2, 0) is 12.8 Å².